The molecule has 1 aliphatic rings. The van der Waals surface area contributed by atoms with Crippen LogP contribution in [-0.4, -0.2) is 37.6 Å². The normalized spacial score (nSPS) is 19.1. The first kappa shape index (κ1) is 15.0. The second kappa shape index (κ2) is 8.93. The van der Waals surface area contributed by atoms with Crippen LogP contribution >= 0.6 is 0 Å². The number of nitrogens with zero attached hydrogens (tertiary/aromatic N) is 1. The lowest BCUT2D eigenvalue weighted by Crippen LogP contribution is -2.40. The standard InChI is InChI=1S/C15H32N2/c1-4-5-8-11-16-12-14(2)17(3)13-15-9-6-7-10-15/h14-16H,4-13H2,1-3H3. The van der Waals surface area contributed by atoms with E-state index < -0.39 is 0 Å². The first-order valence-corrected chi connectivity index (χ1v) is 7.65. The predicted octanol–water partition coefficient (Wildman–Crippen LogP) is 3.28. The Morgan fingerprint density at radius 1 is 1.24 bits per heavy atom. The van der Waals surface area contributed by atoms with Gasteiger partial charge in [0, 0.05) is 19.1 Å². The minimum absolute atomic E-state index is 0.678. The second-order valence-electron chi connectivity index (χ2n) is 5.85. The third-order valence-electron chi connectivity index (χ3n) is 4.17. The molecular weight excluding hydrogens is 208 g/mol. The molecule has 1 fully saturated rings. The van der Waals surface area contributed by atoms with Gasteiger partial charge in [0.2, 0.25) is 0 Å². The quantitative estimate of drug-likeness (QED) is 0.622. The van der Waals surface area contributed by atoms with E-state index >= 15 is 0 Å². The molecule has 1 rings (SSSR count). The minimum atomic E-state index is 0.678. The van der Waals surface area contributed by atoms with Crippen molar-refractivity contribution in [2.24, 2.45) is 5.92 Å². The van der Waals surface area contributed by atoms with Gasteiger partial charge in [0.25, 0.3) is 0 Å². The van der Waals surface area contributed by atoms with Crippen LogP contribution in [0.3, 0.4) is 0 Å². The highest BCUT2D eigenvalue weighted by Gasteiger charge is 2.18. The van der Waals surface area contributed by atoms with Crippen molar-refractivity contribution in [3.63, 3.8) is 0 Å². The number of likely N-dealkylation sites (N-methyl/N-ethyl adjacent to an activating group) is 1. The molecule has 0 heterocycles. The van der Waals surface area contributed by atoms with Crippen molar-refractivity contribution < 1.29 is 0 Å². The molecule has 2 heteroatoms. The van der Waals surface area contributed by atoms with E-state index in [1.165, 1.54) is 58.0 Å². The molecule has 0 aliphatic heterocycles. The van der Waals surface area contributed by atoms with Gasteiger partial charge in [-0.25, -0.2) is 0 Å². The first-order valence-electron chi connectivity index (χ1n) is 7.65. The lowest BCUT2D eigenvalue weighted by atomic mass is 10.1. The van der Waals surface area contributed by atoms with Crippen molar-refractivity contribution in [3.05, 3.63) is 0 Å². The lowest BCUT2D eigenvalue weighted by Gasteiger charge is -2.27. The van der Waals surface area contributed by atoms with Crippen LogP contribution < -0.4 is 5.32 Å². The maximum Gasteiger partial charge on any atom is 0.0189 e. The van der Waals surface area contributed by atoms with E-state index in [2.05, 4.69) is 31.1 Å². The van der Waals surface area contributed by atoms with E-state index in [4.69, 9.17) is 0 Å². The van der Waals surface area contributed by atoms with E-state index in [1.807, 2.05) is 0 Å². The number of unbranched alkanes of at least 4 members (excludes halogenated alkanes) is 2. The van der Waals surface area contributed by atoms with E-state index in [9.17, 15) is 0 Å². The van der Waals surface area contributed by atoms with Crippen LogP contribution in [0, 0.1) is 5.92 Å². The Bertz CT molecular complexity index is 176. The molecule has 1 N–H and O–H groups in total. The van der Waals surface area contributed by atoms with Gasteiger partial charge in [-0.3, -0.25) is 0 Å². The van der Waals surface area contributed by atoms with Crippen molar-refractivity contribution in [3.8, 4) is 0 Å². The van der Waals surface area contributed by atoms with Crippen molar-refractivity contribution in [1.29, 1.82) is 0 Å². The van der Waals surface area contributed by atoms with Crippen LogP contribution in [0.1, 0.15) is 58.8 Å². The third kappa shape index (κ3) is 6.42. The average molecular weight is 240 g/mol. The Hall–Kier alpha value is -0.0800. The van der Waals surface area contributed by atoms with E-state index in [0.717, 1.165) is 12.5 Å². The topological polar surface area (TPSA) is 15.3 Å². The predicted molar refractivity (Wildman–Crippen MR) is 76.4 cm³/mol. The summed E-state index contributed by atoms with van der Waals surface area (Å²) in [5.74, 6) is 0.975. The Labute approximate surface area is 108 Å². The smallest absolute Gasteiger partial charge is 0.0189 e. The van der Waals surface area contributed by atoms with Crippen LogP contribution in [0.15, 0.2) is 0 Å². The second-order valence-corrected chi connectivity index (χ2v) is 5.85. The zero-order valence-electron chi connectivity index (χ0n) is 12.2. The molecule has 0 aromatic carbocycles. The molecule has 0 saturated heterocycles. The number of rotatable bonds is 9. The highest BCUT2D eigenvalue weighted by atomic mass is 15.1. The summed E-state index contributed by atoms with van der Waals surface area (Å²) < 4.78 is 0. The molecule has 0 aromatic rings. The number of nitrogens with one attached hydrogen (secondary N) is 1. The fourth-order valence-electron chi connectivity index (χ4n) is 2.75. The molecule has 0 spiro atoms. The maximum absolute atomic E-state index is 3.58. The SMILES string of the molecule is CCCCCNCC(C)N(C)CC1CCCC1. The van der Waals surface area contributed by atoms with Crippen LogP contribution in [0.4, 0.5) is 0 Å². The summed E-state index contributed by atoms with van der Waals surface area (Å²) in [5, 5.41) is 3.58. The molecule has 0 bridgehead atoms. The highest BCUT2D eigenvalue weighted by molar-refractivity contribution is 4.74. The first-order chi connectivity index (χ1) is 8.24. The van der Waals surface area contributed by atoms with E-state index in [0.29, 0.717) is 6.04 Å². The van der Waals surface area contributed by atoms with Gasteiger partial charge in [-0.15, -0.1) is 0 Å². The molecule has 1 atom stereocenters. The van der Waals surface area contributed by atoms with E-state index in [1.54, 1.807) is 0 Å². The summed E-state index contributed by atoms with van der Waals surface area (Å²) in [6.45, 7) is 8.25. The van der Waals surface area contributed by atoms with Crippen molar-refractivity contribution in [2.45, 2.75) is 64.8 Å². The van der Waals surface area contributed by atoms with Gasteiger partial charge < -0.3 is 10.2 Å². The Kier molecular flexibility index (Phi) is 7.87. The van der Waals surface area contributed by atoms with Crippen LogP contribution in [-0.2, 0) is 0 Å². The molecule has 0 radical (unpaired) electrons. The summed E-state index contributed by atoms with van der Waals surface area (Å²) in [7, 11) is 2.29. The highest BCUT2D eigenvalue weighted by Crippen LogP contribution is 2.25. The molecule has 1 saturated carbocycles. The van der Waals surface area contributed by atoms with Gasteiger partial charge in [-0.1, -0.05) is 32.6 Å². The summed E-state index contributed by atoms with van der Waals surface area (Å²) >= 11 is 0. The fraction of sp³-hybridized carbons (Fsp3) is 1.00. The number of hydrogen-bond donors (Lipinski definition) is 1. The molecule has 0 aromatic heterocycles. The average Bonchev–Trinajstić information content (AvgIpc) is 2.81. The Morgan fingerprint density at radius 3 is 2.59 bits per heavy atom. The van der Waals surface area contributed by atoms with Crippen molar-refractivity contribution >= 4 is 0 Å². The summed E-state index contributed by atoms with van der Waals surface area (Å²) in [6.07, 6.45) is 9.85. The molecule has 1 aliphatic carbocycles. The maximum atomic E-state index is 3.58. The summed E-state index contributed by atoms with van der Waals surface area (Å²) in [4.78, 5) is 2.54. The fourth-order valence-corrected chi connectivity index (χ4v) is 2.75. The lowest BCUT2D eigenvalue weighted by molar-refractivity contribution is 0.214. The largest absolute Gasteiger partial charge is 0.315 e. The van der Waals surface area contributed by atoms with Crippen LogP contribution in [0.5, 0.6) is 0 Å². The van der Waals surface area contributed by atoms with Crippen LogP contribution in [0.25, 0.3) is 0 Å². The van der Waals surface area contributed by atoms with Crippen molar-refractivity contribution in [1.82, 2.24) is 10.2 Å². The van der Waals surface area contributed by atoms with E-state index in [-0.39, 0.29) is 0 Å². The molecule has 0 amide bonds. The molecular formula is C15H32N2. The van der Waals surface area contributed by atoms with Gasteiger partial charge in [0.05, 0.1) is 0 Å². The third-order valence-corrected chi connectivity index (χ3v) is 4.17. The molecule has 17 heavy (non-hydrogen) atoms. The zero-order chi connectivity index (χ0) is 12.5. The minimum Gasteiger partial charge on any atom is -0.315 e. The summed E-state index contributed by atoms with van der Waals surface area (Å²) in [5.41, 5.74) is 0. The van der Waals surface area contributed by atoms with Crippen LogP contribution in [0.2, 0.25) is 0 Å². The zero-order valence-corrected chi connectivity index (χ0v) is 12.2. The molecule has 2 nitrogen and oxygen atoms in total. The van der Waals surface area contributed by atoms with Gasteiger partial charge in [-0.2, -0.15) is 0 Å². The number of hydrogen-bond acceptors (Lipinski definition) is 2. The Balaban J connectivity index is 2.02. The Morgan fingerprint density at radius 2 is 1.94 bits per heavy atom. The summed E-state index contributed by atoms with van der Waals surface area (Å²) in [6, 6.07) is 0.678. The molecule has 1 unspecified atom stereocenters. The van der Waals surface area contributed by atoms with Gasteiger partial charge in [0.15, 0.2) is 0 Å². The van der Waals surface area contributed by atoms with Gasteiger partial charge in [-0.05, 0) is 45.7 Å². The van der Waals surface area contributed by atoms with Gasteiger partial charge in [0.1, 0.15) is 0 Å². The molecule has 102 valence electrons. The van der Waals surface area contributed by atoms with Gasteiger partial charge >= 0.3 is 0 Å². The monoisotopic (exact) mass is 240 g/mol. The van der Waals surface area contributed by atoms with Crippen molar-refractivity contribution in [2.75, 3.05) is 26.7 Å².